The topological polar surface area (TPSA) is 67.5 Å². The van der Waals surface area contributed by atoms with Gasteiger partial charge in [0, 0.05) is 4.90 Å². The van der Waals surface area contributed by atoms with Crippen LogP contribution < -0.4 is 0 Å². The first-order valence-corrected chi connectivity index (χ1v) is 7.07. The molecule has 0 saturated carbocycles. The van der Waals surface area contributed by atoms with Crippen molar-refractivity contribution >= 4 is 16.8 Å². The molecule has 1 atom stereocenters. The summed E-state index contributed by atoms with van der Waals surface area (Å²) in [7, 11) is -1.24. The molecular weight excluding hydrogens is 264 g/mol. The molecule has 1 unspecified atom stereocenters. The van der Waals surface area contributed by atoms with E-state index in [1.54, 1.807) is 13.0 Å². The summed E-state index contributed by atoms with van der Waals surface area (Å²) in [6, 6.07) is 8.85. The Balaban J connectivity index is 2.22. The zero-order chi connectivity index (χ0) is 14.0. The van der Waals surface area contributed by atoms with Gasteiger partial charge in [0.15, 0.2) is 0 Å². The van der Waals surface area contributed by atoms with E-state index < -0.39 is 16.8 Å². The highest BCUT2D eigenvalue weighted by atomic mass is 32.2. The molecule has 1 heterocycles. The van der Waals surface area contributed by atoms with E-state index in [2.05, 4.69) is 0 Å². The van der Waals surface area contributed by atoms with E-state index in [0.717, 1.165) is 10.5 Å². The fourth-order valence-corrected chi connectivity index (χ4v) is 3.06. The summed E-state index contributed by atoms with van der Waals surface area (Å²) >= 11 is 0. The molecule has 0 aliphatic carbocycles. The van der Waals surface area contributed by atoms with Gasteiger partial charge in [-0.2, -0.15) is 0 Å². The Morgan fingerprint density at radius 3 is 2.58 bits per heavy atom. The standard InChI is InChI=1S/C14H14O4S/c1-9-5-3-4-6-13(9)19(17)8-11-7-12(14(15)16)10(2)18-11/h3-7H,8H2,1-2H3,(H,15,16). The summed E-state index contributed by atoms with van der Waals surface area (Å²) in [5.74, 6) is -0.0890. The van der Waals surface area contributed by atoms with Gasteiger partial charge in [-0.05, 0) is 31.5 Å². The van der Waals surface area contributed by atoms with E-state index in [0.29, 0.717) is 11.5 Å². The lowest BCUT2D eigenvalue weighted by Crippen LogP contribution is -1.98. The number of furan rings is 1. The lowest BCUT2D eigenvalue weighted by atomic mass is 10.2. The van der Waals surface area contributed by atoms with Crippen molar-refractivity contribution in [3.05, 3.63) is 53.0 Å². The first kappa shape index (κ1) is 13.5. The van der Waals surface area contributed by atoms with Gasteiger partial charge in [0.2, 0.25) is 0 Å². The van der Waals surface area contributed by atoms with E-state index in [1.165, 1.54) is 6.07 Å². The third-order valence-electron chi connectivity index (χ3n) is 2.81. The molecule has 1 aromatic heterocycles. The van der Waals surface area contributed by atoms with Crippen molar-refractivity contribution in [1.82, 2.24) is 0 Å². The maximum atomic E-state index is 12.2. The average molecular weight is 278 g/mol. The van der Waals surface area contributed by atoms with Crippen LogP contribution in [0.5, 0.6) is 0 Å². The summed E-state index contributed by atoms with van der Waals surface area (Å²) < 4.78 is 17.6. The molecule has 2 aromatic rings. The molecule has 0 spiro atoms. The predicted molar refractivity (Wildman–Crippen MR) is 71.7 cm³/mol. The minimum absolute atomic E-state index is 0.122. The first-order chi connectivity index (χ1) is 8.99. The van der Waals surface area contributed by atoms with E-state index >= 15 is 0 Å². The highest BCUT2D eigenvalue weighted by Gasteiger charge is 2.16. The van der Waals surface area contributed by atoms with Crippen LogP contribution in [0.15, 0.2) is 39.6 Å². The molecule has 0 fully saturated rings. The van der Waals surface area contributed by atoms with Gasteiger partial charge in [0.1, 0.15) is 17.1 Å². The zero-order valence-electron chi connectivity index (χ0n) is 10.7. The molecule has 4 nitrogen and oxygen atoms in total. The molecule has 100 valence electrons. The molecule has 0 bridgehead atoms. The van der Waals surface area contributed by atoms with Crippen LogP contribution >= 0.6 is 0 Å². The smallest absolute Gasteiger partial charge is 0.339 e. The lowest BCUT2D eigenvalue weighted by molar-refractivity contribution is 0.0695. The molecular formula is C14H14O4S. The van der Waals surface area contributed by atoms with Crippen molar-refractivity contribution in [2.75, 3.05) is 0 Å². The Morgan fingerprint density at radius 1 is 1.32 bits per heavy atom. The molecule has 0 saturated heterocycles. The first-order valence-electron chi connectivity index (χ1n) is 5.75. The average Bonchev–Trinajstić information content (AvgIpc) is 2.70. The minimum atomic E-state index is -1.24. The van der Waals surface area contributed by atoms with Crippen LogP contribution in [0.4, 0.5) is 0 Å². The SMILES string of the molecule is Cc1ccccc1S(=O)Cc1cc(C(=O)O)c(C)o1. The Hall–Kier alpha value is -1.88. The second-order valence-corrected chi connectivity index (χ2v) is 5.66. The van der Waals surface area contributed by atoms with Gasteiger partial charge in [0.25, 0.3) is 0 Å². The molecule has 0 amide bonds. The van der Waals surface area contributed by atoms with Gasteiger partial charge in [-0.1, -0.05) is 18.2 Å². The van der Waals surface area contributed by atoms with Crippen LogP contribution in [0.1, 0.15) is 27.4 Å². The second-order valence-electron chi connectivity index (χ2n) is 4.24. The second kappa shape index (κ2) is 5.40. The molecule has 1 N–H and O–H groups in total. The molecule has 5 heteroatoms. The largest absolute Gasteiger partial charge is 0.478 e. The molecule has 0 aliphatic rings. The third-order valence-corrected chi connectivity index (χ3v) is 4.31. The maximum Gasteiger partial charge on any atom is 0.339 e. The van der Waals surface area contributed by atoms with Crippen molar-refractivity contribution in [2.45, 2.75) is 24.5 Å². The van der Waals surface area contributed by atoms with Crippen LogP contribution in [0.2, 0.25) is 0 Å². The molecule has 19 heavy (non-hydrogen) atoms. The lowest BCUT2D eigenvalue weighted by Gasteiger charge is -2.03. The van der Waals surface area contributed by atoms with Gasteiger partial charge >= 0.3 is 5.97 Å². The van der Waals surface area contributed by atoms with E-state index in [9.17, 15) is 9.00 Å². The van der Waals surface area contributed by atoms with Gasteiger partial charge in [0.05, 0.1) is 16.6 Å². The van der Waals surface area contributed by atoms with Gasteiger partial charge in [-0.15, -0.1) is 0 Å². The molecule has 0 aliphatic heterocycles. The van der Waals surface area contributed by atoms with Crippen molar-refractivity contribution in [3.63, 3.8) is 0 Å². The van der Waals surface area contributed by atoms with Crippen LogP contribution in [-0.2, 0) is 16.6 Å². The number of carboxylic acids is 1. The Kier molecular flexibility index (Phi) is 3.85. The Labute approximate surface area is 113 Å². The number of rotatable bonds is 4. The van der Waals surface area contributed by atoms with E-state index in [4.69, 9.17) is 9.52 Å². The fraction of sp³-hybridized carbons (Fsp3) is 0.214. The third kappa shape index (κ3) is 2.93. The number of carboxylic acid groups (broad SMARTS) is 1. The van der Waals surface area contributed by atoms with Gasteiger partial charge < -0.3 is 9.52 Å². The number of benzene rings is 1. The zero-order valence-corrected chi connectivity index (χ0v) is 11.5. The fourth-order valence-electron chi connectivity index (χ4n) is 1.85. The molecule has 0 radical (unpaired) electrons. The number of hydrogen-bond acceptors (Lipinski definition) is 3. The number of aryl methyl sites for hydroxylation is 2. The van der Waals surface area contributed by atoms with Gasteiger partial charge in [-0.3, -0.25) is 4.21 Å². The van der Waals surface area contributed by atoms with Crippen molar-refractivity contribution < 1.29 is 18.5 Å². The van der Waals surface area contributed by atoms with Crippen molar-refractivity contribution in [1.29, 1.82) is 0 Å². The van der Waals surface area contributed by atoms with Crippen molar-refractivity contribution in [3.8, 4) is 0 Å². The summed E-state index contributed by atoms with van der Waals surface area (Å²) in [6.07, 6.45) is 0. The summed E-state index contributed by atoms with van der Waals surface area (Å²) in [5.41, 5.74) is 1.07. The normalized spacial score (nSPS) is 12.3. The van der Waals surface area contributed by atoms with Crippen LogP contribution in [0, 0.1) is 13.8 Å². The van der Waals surface area contributed by atoms with Crippen LogP contribution in [0.25, 0.3) is 0 Å². The summed E-state index contributed by atoms with van der Waals surface area (Å²) in [5, 5.41) is 8.94. The summed E-state index contributed by atoms with van der Waals surface area (Å²) in [4.78, 5) is 11.7. The predicted octanol–water partition coefficient (Wildman–Crippen LogP) is 2.90. The number of hydrogen-bond donors (Lipinski definition) is 1. The van der Waals surface area contributed by atoms with Gasteiger partial charge in [-0.25, -0.2) is 4.79 Å². The highest BCUT2D eigenvalue weighted by molar-refractivity contribution is 7.84. The highest BCUT2D eigenvalue weighted by Crippen LogP contribution is 2.20. The van der Waals surface area contributed by atoms with Crippen LogP contribution in [0.3, 0.4) is 0 Å². The minimum Gasteiger partial charge on any atom is -0.478 e. The van der Waals surface area contributed by atoms with E-state index in [-0.39, 0.29) is 11.3 Å². The maximum absolute atomic E-state index is 12.2. The summed E-state index contributed by atoms with van der Waals surface area (Å²) in [6.45, 7) is 3.48. The molecule has 2 rings (SSSR count). The van der Waals surface area contributed by atoms with E-state index in [1.807, 2.05) is 25.1 Å². The number of carbonyl (C=O) groups is 1. The Morgan fingerprint density at radius 2 is 2.00 bits per heavy atom. The van der Waals surface area contributed by atoms with Crippen molar-refractivity contribution in [2.24, 2.45) is 0 Å². The quantitative estimate of drug-likeness (QED) is 0.933. The Bertz CT molecular complexity index is 643. The number of aromatic carboxylic acids is 1. The monoisotopic (exact) mass is 278 g/mol. The molecule has 1 aromatic carbocycles. The van der Waals surface area contributed by atoms with Crippen LogP contribution in [-0.4, -0.2) is 15.3 Å².